The first-order valence-corrected chi connectivity index (χ1v) is 4.35. The fourth-order valence-corrected chi connectivity index (χ4v) is 0.686. The van der Waals surface area contributed by atoms with Crippen molar-refractivity contribution >= 4 is 10.4 Å². The van der Waals surface area contributed by atoms with Gasteiger partial charge in [-0.15, -0.1) is 0 Å². The fourth-order valence-electron chi connectivity index (χ4n) is 0.386. The van der Waals surface area contributed by atoms with Crippen LogP contribution in [0.2, 0.25) is 0 Å². The molecular formula is C5H11NaO4S. The largest absolute Gasteiger partial charge is 1.00 e. The fraction of sp³-hybridized carbons (Fsp3) is 1.00. The number of hydrogen-bond donors (Lipinski definition) is 0. The maximum absolute atomic E-state index is 9.83. The molecule has 0 amide bonds. The van der Waals surface area contributed by atoms with Gasteiger partial charge in [0.25, 0.3) is 0 Å². The van der Waals surface area contributed by atoms with Crippen molar-refractivity contribution in [2.45, 2.75) is 20.3 Å². The van der Waals surface area contributed by atoms with Crippen molar-refractivity contribution in [1.82, 2.24) is 0 Å². The van der Waals surface area contributed by atoms with E-state index < -0.39 is 10.4 Å². The van der Waals surface area contributed by atoms with Crippen molar-refractivity contribution in [3.8, 4) is 0 Å². The molecule has 0 bridgehead atoms. The molecule has 0 saturated carbocycles. The molecule has 0 atom stereocenters. The molecule has 11 heavy (non-hydrogen) atoms. The second-order valence-corrected chi connectivity index (χ2v) is 3.46. The Labute approximate surface area is 89.6 Å². The van der Waals surface area contributed by atoms with Crippen molar-refractivity contribution < 1.29 is 46.7 Å². The van der Waals surface area contributed by atoms with Gasteiger partial charge in [-0.3, -0.25) is 4.18 Å². The van der Waals surface area contributed by atoms with Gasteiger partial charge in [-0.2, -0.15) is 0 Å². The third-order valence-corrected chi connectivity index (χ3v) is 1.38. The van der Waals surface area contributed by atoms with Crippen LogP contribution in [0.3, 0.4) is 0 Å². The van der Waals surface area contributed by atoms with Gasteiger partial charge in [0.05, 0.1) is 6.61 Å². The minimum absolute atomic E-state index is 0. The van der Waals surface area contributed by atoms with Gasteiger partial charge in [0.2, 0.25) is 10.4 Å². The minimum atomic E-state index is -4.47. The zero-order valence-electron chi connectivity index (χ0n) is 7.03. The summed E-state index contributed by atoms with van der Waals surface area (Å²) in [7, 11) is -4.47. The third kappa shape index (κ3) is 13.8. The molecule has 0 aliphatic heterocycles. The van der Waals surface area contributed by atoms with Crippen LogP contribution in [-0.4, -0.2) is 19.6 Å². The summed E-state index contributed by atoms with van der Waals surface area (Å²) in [6.07, 6.45) is 0.585. The second kappa shape index (κ2) is 6.39. The Kier molecular flexibility index (Phi) is 8.37. The van der Waals surface area contributed by atoms with Crippen LogP contribution in [0.1, 0.15) is 20.3 Å². The van der Waals surface area contributed by atoms with E-state index in [0.29, 0.717) is 12.3 Å². The Bertz CT molecular complexity index is 175. The Balaban J connectivity index is 0. The average molecular weight is 190 g/mol. The molecule has 0 unspecified atom stereocenters. The summed E-state index contributed by atoms with van der Waals surface area (Å²) in [4.78, 5) is 0. The zero-order valence-corrected chi connectivity index (χ0v) is 9.85. The molecule has 4 nitrogen and oxygen atoms in total. The quantitative estimate of drug-likeness (QED) is 0.279. The van der Waals surface area contributed by atoms with Gasteiger partial charge < -0.3 is 4.55 Å². The Morgan fingerprint density at radius 1 is 1.45 bits per heavy atom. The van der Waals surface area contributed by atoms with Crippen LogP contribution in [0.25, 0.3) is 0 Å². The normalized spacial score (nSPS) is 11.3. The van der Waals surface area contributed by atoms with Gasteiger partial charge in [-0.1, -0.05) is 13.8 Å². The van der Waals surface area contributed by atoms with E-state index in [1.165, 1.54) is 0 Å². The monoisotopic (exact) mass is 190 g/mol. The van der Waals surface area contributed by atoms with Crippen LogP contribution in [0, 0.1) is 5.92 Å². The van der Waals surface area contributed by atoms with Crippen molar-refractivity contribution in [3.63, 3.8) is 0 Å². The Morgan fingerprint density at radius 3 is 2.18 bits per heavy atom. The smallest absolute Gasteiger partial charge is 0.726 e. The molecule has 0 aromatic heterocycles. The Hall–Kier alpha value is 0.870. The van der Waals surface area contributed by atoms with Gasteiger partial charge in [0, 0.05) is 0 Å². The molecule has 0 aliphatic carbocycles. The maximum Gasteiger partial charge on any atom is 1.00 e. The van der Waals surface area contributed by atoms with Crippen LogP contribution in [0.15, 0.2) is 0 Å². The predicted molar refractivity (Wildman–Crippen MR) is 35.1 cm³/mol. The first kappa shape index (κ1) is 14.4. The van der Waals surface area contributed by atoms with Crippen molar-refractivity contribution in [1.29, 1.82) is 0 Å². The summed E-state index contributed by atoms with van der Waals surface area (Å²) in [5, 5.41) is 0. The van der Waals surface area contributed by atoms with E-state index in [1.807, 2.05) is 13.8 Å². The number of rotatable bonds is 4. The summed E-state index contributed by atoms with van der Waals surface area (Å²) < 4.78 is 33.5. The van der Waals surface area contributed by atoms with E-state index in [-0.39, 0.29) is 36.2 Å². The third-order valence-electron chi connectivity index (χ3n) is 0.923. The van der Waals surface area contributed by atoms with E-state index in [2.05, 4.69) is 4.18 Å². The SMILES string of the molecule is CC(C)CCOS(=O)(=O)[O-].[Na+]. The molecule has 0 fully saturated rings. The molecule has 0 aliphatic rings. The molecule has 0 saturated heterocycles. The molecule has 62 valence electrons. The standard InChI is InChI=1S/C5H12O4S.Na/c1-5(2)3-4-9-10(6,7)8;/h5H,3-4H2,1-2H3,(H,6,7,8);/q;+1/p-1. The zero-order chi connectivity index (χ0) is 8.20. The van der Waals surface area contributed by atoms with E-state index in [9.17, 15) is 13.0 Å². The topological polar surface area (TPSA) is 66.4 Å². The van der Waals surface area contributed by atoms with Gasteiger partial charge in [-0.25, -0.2) is 8.42 Å². The van der Waals surface area contributed by atoms with Gasteiger partial charge in [0.15, 0.2) is 0 Å². The second-order valence-electron chi connectivity index (χ2n) is 2.41. The van der Waals surface area contributed by atoms with E-state index in [1.54, 1.807) is 0 Å². The molecule has 6 heteroatoms. The van der Waals surface area contributed by atoms with Crippen molar-refractivity contribution in [3.05, 3.63) is 0 Å². The molecule has 0 N–H and O–H groups in total. The summed E-state index contributed by atoms with van der Waals surface area (Å²) in [5.41, 5.74) is 0. The molecule has 0 spiro atoms. The first-order chi connectivity index (χ1) is 4.42. The summed E-state index contributed by atoms with van der Waals surface area (Å²) in [6.45, 7) is 3.82. The summed E-state index contributed by atoms with van der Waals surface area (Å²) in [6, 6.07) is 0. The predicted octanol–water partition coefficient (Wildman–Crippen LogP) is -2.49. The van der Waals surface area contributed by atoms with Crippen molar-refractivity contribution in [2.75, 3.05) is 6.61 Å². The molecule has 0 aromatic rings. The molecular weight excluding hydrogens is 179 g/mol. The van der Waals surface area contributed by atoms with Gasteiger partial charge >= 0.3 is 29.6 Å². The van der Waals surface area contributed by atoms with E-state index in [0.717, 1.165) is 0 Å². The van der Waals surface area contributed by atoms with E-state index in [4.69, 9.17) is 0 Å². The van der Waals surface area contributed by atoms with Crippen LogP contribution in [-0.2, 0) is 14.6 Å². The van der Waals surface area contributed by atoms with Crippen LogP contribution < -0.4 is 29.6 Å². The molecule has 0 heterocycles. The van der Waals surface area contributed by atoms with Gasteiger partial charge in [0.1, 0.15) is 0 Å². The van der Waals surface area contributed by atoms with Crippen molar-refractivity contribution in [2.24, 2.45) is 5.92 Å². The molecule has 0 rings (SSSR count). The van der Waals surface area contributed by atoms with Crippen LogP contribution >= 0.6 is 0 Å². The molecule has 0 aromatic carbocycles. The van der Waals surface area contributed by atoms with E-state index >= 15 is 0 Å². The van der Waals surface area contributed by atoms with Crippen LogP contribution in [0.4, 0.5) is 0 Å². The molecule has 0 radical (unpaired) electrons. The van der Waals surface area contributed by atoms with Crippen LogP contribution in [0.5, 0.6) is 0 Å². The minimum Gasteiger partial charge on any atom is -0.726 e. The summed E-state index contributed by atoms with van der Waals surface area (Å²) in [5.74, 6) is 0.349. The number of hydrogen-bond acceptors (Lipinski definition) is 4. The van der Waals surface area contributed by atoms with Gasteiger partial charge in [-0.05, 0) is 12.3 Å². The average Bonchev–Trinajstić information content (AvgIpc) is 1.59. The Morgan fingerprint density at radius 2 is 1.91 bits per heavy atom. The first-order valence-electron chi connectivity index (χ1n) is 3.02. The summed E-state index contributed by atoms with van der Waals surface area (Å²) >= 11 is 0. The maximum atomic E-state index is 9.83.